The minimum absolute atomic E-state index is 0. The van der Waals surface area contributed by atoms with Crippen LogP contribution in [0.5, 0.6) is 0 Å². The first-order valence-electron chi connectivity index (χ1n) is 6.86. The molecule has 0 atom stereocenters. The number of piperidine rings is 1. The van der Waals surface area contributed by atoms with Crippen molar-refractivity contribution in [1.82, 2.24) is 25.6 Å². The lowest BCUT2D eigenvalue weighted by Crippen LogP contribution is -2.32. The van der Waals surface area contributed by atoms with E-state index >= 15 is 0 Å². The number of hydrogen-bond donors (Lipinski definition) is 2. The van der Waals surface area contributed by atoms with Crippen molar-refractivity contribution in [2.24, 2.45) is 5.41 Å². The summed E-state index contributed by atoms with van der Waals surface area (Å²) in [4.78, 5) is 11.9. The first-order valence-corrected chi connectivity index (χ1v) is 6.86. The molecule has 114 valence electrons. The molecule has 0 radical (unpaired) electrons. The third-order valence-corrected chi connectivity index (χ3v) is 3.21. The van der Waals surface area contributed by atoms with E-state index in [4.69, 9.17) is 0 Å². The number of rotatable bonds is 3. The molecule has 2 N–H and O–H groups in total. The van der Waals surface area contributed by atoms with E-state index in [1.165, 1.54) is 0 Å². The number of hydrogen-bond acceptors (Lipinski definition) is 4. The highest BCUT2D eigenvalue weighted by Gasteiger charge is 2.19. The lowest BCUT2D eigenvalue weighted by atomic mass is 9.97. The van der Waals surface area contributed by atoms with Crippen molar-refractivity contribution in [3.63, 3.8) is 0 Å². The van der Waals surface area contributed by atoms with Gasteiger partial charge in [-0.3, -0.25) is 4.79 Å². The number of halogens is 1. The maximum Gasteiger partial charge on any atom is 0.273 e. The number of nitrogens with zero attached hydrogens (tertiary/aromatic N) is 3. The first-order chi connectivity index (χ1) is 8.96. The molecule has 20 heavy (non-hydrogen) atoms. The second-order valence-electron chi connectivity index (χ2n) is 6.31. The van der Waals surface area contributed by atoms with Gasteiger partial charge in [-0.15, -0.1) is 17.5 Å². The van der Waals surface area contributed by atoms with E-state index in [0.717, 1.165) is 25.9 Å². The van der Waals surface area contributed by atoms with E-state index in [9.17, 15) is 4.79 Å². The van der Waals surface area contributed by atoms with Gasteiger partial charge in [0.1, 0.15) is 0 Å². The summed E-state index contributed by atoms with van der Waals surface area (Å²) >= 11 is 0. The van der Waals surface area contributed by atoms with Crippen LogP contribution in [0.2, 0.25) is 0 Å². The normalized spacial score (nSPS) is 16.6. The standard InChI is InChI=1S/C13H23N5O.ClH/c1-13(2,3)9-15-12(19)11-8-18(17-16-11)10-4-6-14-7-5-10;/h8,10,14H,4-7,9H2,1-3H3,(H,15,19);1H. The summed E-state index contributed by atoms with van der Waals surface area (Å²) in [6.07, 6.45) is 3.83. The molecule has 0 bridgehead atoms. The number of carbonyl (C=O) groups excluding carboxylic acids is 1. The van der Waals surface area contributed by atoms with Crippen molar-refractivity contribution >= 4 is 18.3 Å². The zero-order valence-corrected chi connectivity index (χ0v) is 13.2. The highest BCUT2D eigenvalue weighted by atomic mass is 35.5. The van der Waals surface area contributed by atoms with E-state index in [-0.39, 0.29) is 23.7 Å². The Morgan fingerprint density at radius 1 is 1.45 bits per heavy atom. The predicted molar refractivity (Wildman–Crippen MR) is 80.2 cm³/mol. The summed E-state index contributed by atoms with van der Waals surface area (Å²) < 4.78 is 1.83. The van der Waals surface area contributed by atoms with Crippen LogP contribution in [0, 0.1) is 5.41 Å². The van der Waals surface area contributed by atoms with Gasteiger partial charge in [0.05, 0.1) is 12.2 Å². The molecule has 1 fully saturated rings. The molecular weight excluding hydrogens is 278 g/mol. The number of carbonyl (C=O) groups is 1. The number of amides is 1. The van der Waals surface area contributed by atoms with Crippen LogP contribution in [0.15, 0.2) is 6.20 Å². The topological polar surface area (TPSA) is 71.8 Å². The first kappa shape index (κ1) is 16.9. The average Bonchev–Trinajstić information content (AvgIpc) is 2.86. The minimum atomic E-state index is -0.143. The molecule has 2 rings (SSSR count). The quantitative estimate of drug-likeness (QED) is 0.885. The molecule has 7 heteroatoms. The summed E-state index contributed by atoms with van der Waals surface area (Å²) in [5, 5.41) is 14.3. The largest absolute Gasteiger partial charge is 0.350 e. The van der Waals surface area contributed by atoms with E-state index in [0.29, 0.717) is 18.3 Å². The van der Waals surface area contributed by atoms with Crippen LogP contribution in [0.3, 0.4) is 0 Å². The fourth-order valence-corrected chi connectivity index (χ4v) is 2.07. The fourth-order valence-electron chi connectivity index (χ4n) is 2.07. The Balaban J connectivity index is 0.00000200. The van der Waals surface area contributed by atoms with Crippen molar-refractivity contribution in [3.05, 3.63) is 11.9 Å². The molecule has 6 nitrogen and oxygen atoms in total. The van der Waals surface area contributed by atoms with Crippen LogP contribution < -0.4 is 10.6 Å². The van der Waals surface area contributed by atoms with Gasteiger partial charge in [0, 0.05) is 6.54 Å². The molecule has 1 saturated heterocycles. The van der Waals surface area contributed by atoms with Gasteiger partial charge in [-0.25, -0.2) is 4.68 Å². The van der Waals surface area contributed by atoms with Crippen molar-refractivity contribution < 1.29 is 4.79 Å². The lowest BCUT2D eigenvalue weighted by Gasteiger charge is -2.22. The zero-order valence-electron chi connectivity index (χ0n) is 12.3. The van der Waals surface area contributed by atoms with Gasteiger partial charge in [0.15, 0.2) is 5.69 Å². The SMILES string of the molecule is CC(C)(C)CNC(=O)c1cn(C2CCNCC2)nn1.Cl. The van der Waals surface area contributed by atoms with Gasteiger partial charge in [0.2, 0.25) is 0 Å². The van der Waals surface area contributed by atoms with E-state index in [2.05, 4.69) is 41.7 Å². The van der Waals surface area contributed by atoms with Crippen LogP contribution in [-0.2, 0) is 0 Å². The molecule has 1 aliphatic rings. The minimum Gasteiger partial charge on any atom is -0.350 e. The summed E-state index contributed by atoms with van der Waals surface area (Å²) in [5.41, 5.74) is 0.475. The van der Waals surface area contributed by atoms with E-state index < -0.39 is 0 Å². The van der Waals surface area contributed by atoms with Crippen LogP contribution in [0.25, 0.3) is 0 Å². The Labute approximate surface area is 126 Å². The molecule has 0 unspecified atom stereocenters. The molecule has 1 amide bonds. The van der Waals surface area contributed by atoms with Gasteiger partial charge in [-0.1, -0.05) is 26.0 Å². The maximum absolute atomic E-state index is 11.9. The van der Waals surface area contributed by atoms with Crippen LogP contribution in [0.1, 0.15) is 50.1 Å². The highest BCUT2D eigenvalue weighted by Crippen LogP contribution is 2.17. The smallest absolute Gasteiger partial charge is 0.273 e. The highest BCUT2D eigenvalue weighted by molar-refractivity contribution is 5.91. The number of aromatic nitrogens is 3. The summed E-state index contributed by atoms with van der Waals surface area (Å²) in [7, 11) is 0. The summed E-state index contributed by atoms with van der Waals surface area (Å²) in [6, 6.07) is 0.359. The van der Waals surface area contributed by atoms with Gasteiger partial charge in [-0.2, -0.15) is 0 Å². The molecule has 1 aromatic rings. The Kier molecular flexibility index (Phi) is 5.95. The van der Waals surface area contributed by atoms with Gasteiger partial charge < -0.3 is 10.6 Å². The molecule has 1 aliphatic heterocycles. The molecule has 0 spiro atoms. The van der Waals surface area contributed by atoms with Crippen LogP contribution in [0.4, 0.5) is 0 Å². The van der Waals surface area contributed by atoms with Gasteiger partial charge >= 0.3 is 0 Å². The van der Waals surface area contributed by atoms with Crippen molar-refractivity contribution in [1.29, 1.82) is 0 Å². The van der Waals surface area contributed by atoms with Gasteiger partial charge in [-0.05, 0) is 31.3 Å². The second kappa shape index (κ2) is 7.04. The molecule has 0 aromatic carbocycles. The summed E-state index contributed by atoms with van der Waals surface area (Å²) in [6.45, 7) is 8.87. The predicted octanol–water partition coefficient (Wildman–Crippen LogP) is 1.40. The van der Waals surface area contributed by atoms with Crippen LogP contribution >= 0.6 is 12.4 Å². The maximum atomic E-state index is 11.9. The molecule has 0 saturated carbocycles. The summed E-state index contributed by atoms with van der Waals surface area (Å²) in [5.74, 6) is -0.143. The van der Waals surface area contributed by atoms with Crippen molar-refractivity contribution in [3.8, 4) is 0 Å². The Morgan fingerprint density at radius 3 is 2.70 bits per heavy atom. The third-order valence-electron chi connectivity index (χ3n) is 3.21. The molecular formula is C13H24ClN5O. The Bertz CT molecular complexity index is 434. The number of nitrogens with one attached hydrogen (secondary N) is 2. The van der Waals surface area contributed by atoms with Crippen LogP contribution in [-0.4, -0.2) is 40.5 Å². The Hall–Kier alpha value is -1.14. The van der Waals surface area contributed by atoms with E-state index in [1.54, 1.807) is 6.20 Å². The monoisotopic (exact) mass is 301 g/mol. The van der Waals surface area contributed by atoms with Gasteiger partial charge in [0.25, 0.3) is 5.91 Å². The third kappa shape index (κ3) is 4.76. The Morgan fingerprint density at radius 2 is 2.10 bits per heavy atom. The second-order valence-corrected chi connectivity index (χ2v) is 6.31. The lowest BCUT2D eigenvalue weighted by molar-refractivity contribution is 0.0934. The van der Waals surface area contributed by atoms with Crippen molar-refractivity contribution in [2.75, 3.05) is 19.6 Å². The van der Waals surface area contributed by atoms with Crippen molar-refractivity contribution in [2.45, 2.75) is 39.7 Å². The molecule has 2 heterocycles. The fraction of sp³-hybridized carbons (Fsp3) is 0.769. The average molecular weight is 302 g/mol. The molecule has 1 aromatic heterocycles. The molecule has 0 aliphatic carbocycles. The van der Waals surface area contributed by atoms with E-state index in [1.807, 2.05) is 4.68 Å². The zero-order chi connectivity index (χ0) is 13.9.